The highest BCUT2D eigenvalue weighted by Crippen LogP contribution is 2.34. The number of pyridine rings is 1. The van der Waals surface area contributed by atoms with Crippen molar-refractivity contribution in [2.45, 2.75) is 56.8 Å². The third-order valence-electron chi connectivity index (χ3n) is 4.47. The fourth-order valence-corrected chi connectivity index (χ4v) is 2.96. The van der Waals surface area contributed by atoms with Gasteiger partial charge in [0.25, 0.3) is 0 Å². The molecule has 3 rings (SSSR count). The summed E-state index contributed by atoms with van der Waals surface area (Å²) in [7, 11) is 0. The van der Waals surface area contributed by atoms with Crippen LogP contribution in [-0.4, -0.2) is 44.1 Å². The first-order chi connectivity index (χ1) is 13.5. The zero-order valence-electron chi connectivity index (χ0n) is 15.3. The summed E-state index contributed by atoms with van der Waals surface area (Å²) in [4.78, 5) is 16.2. The van der Waals surface area contributed by atoms with Crippen molar-refractivity contribution in [1.82, 2.24) is 19.9 Å². The highest BCUT2D eigenvalue weighted by molar-refractivity contribution is 6.29. The van der Waals surface area contributed by atoms with Crippen molar-refractivity contribution in [2.24, 2.45) is 0 Å². The van der Waals surface area contributed by atoms with Gasteiger partial charge in [-0.3, -0.25) is 0 Å². The number of nitrogens with one attached hydrogen (secondary N) is 2. The lowest BCUT2D eigenvalue weighted by Gasteiger charge is -2.28. The Hall–Kier alpha value is -2.30. The number of rotatable bonds is 5. The lowest BCUT2D eigenvalue weighted by Crippen LogP contribution is -2.34. The summed E-state index contributed by atoms with van der Waals surface area (Å²) >= 11 is 5.87. The summed E-state index contributed by atoms with van der Waals surface area (Å²) in [5, 5.41) is 5.27. The number of anilines is 2. The van der Waals surface area contributed by atoms with Crippen molar-refractivity contribution in [2.75, 3.05) is 10.6 Å². The van der Waals surface area contributed by atoms with E-state index in [0.29, 0.717) is 0 Å². The molecule has 158 valence electrons. The van der Waals surface area contributed by atoms with Crippen LogP contribution < -0.4 is 10.6 Å². The molecule has 29 heavy (non-hydrogen) atoms. The molecule has 1 aliphatic rings. The van der Waals surface area contributed by atoms with E-state index in [1.165, 1.54) is 6.07 Å². The van der Waals surface area contributed by atoms with Gasteiger partial charge in [-0.2, -0.15) is 28.1 Å². The smallest absolute Gasteiger partial charge is 0.351 e. The van der Waals surface area contributed by atoms with E-state index >= 15 is 0 Å². The number of hydrogen-bond acceptors (Lipinski definition) is 6. The van der Waals surface area contributed by atoms with Crippen LogP contribution in [0.25, 0.3) is 11.5 Å². The van der Waals surface area contributed by atoms with Crippen LogP contribution in [-0.2, 0) is 0 Å². The van der Waals surface area contributed by atoms with Crippen LogP contribution in [0.2, 0.25) is 5.15 Å². The van der Waals surface area contributed by atoms with Gasteiger partial charge in [0.2, 0.25) is 17.8 Å². The Morgan fingerprint density at radius 2 is 1.72 bits per heavy atom. The van der Waals surface area contributed by atoms with E-state index in [1.54, 1.807) is 12.1 Å². The molecule has 6 nitrogen and oxygen atoms in total. The van der Waals surface area contributed by atoms with Crippen LogP contribution in [0.5, 0.6) is 0 Å². The lowest BCUT2D eigenvalue weighted by atomic mass is 9.92. The highest BCUT2D eigenvalue weighted by Gasteiger charge is 2.37. The molecule has 2 aromatic heterocycles. The van der Waals surface area contributed by atoms with Gasteiger partial charge < -0.3 is 10.6 Å². The molecule has 12 heteroatoms. The minimum Gasteiger partial charge on any atom is -0.351 e. The number of nitrogens with zero attached hydrogens (tertiary/aromatic N) is 4. The van der Waals surface area contributed by atoms with Gasteiger partial charge in [-0.05, 0) is 31.9 Å². The number of hydrogen-bond donors (Lipinski definition) is 2. The van der Waals surface area contributed by atoms with E-state index in [2.05, 4.69) is 30.6 Å². The van der Waals surface area contributed by atoms with Crippen molar-refractivity contribution in [3.63, 3.8) is 0 Å². The highest BCUT2D eigenvalue weighted by atomic mass is 35.5. The molecular formula is C17H18ClF5N6. The second-order valence-electron chi connectivity index (χ2n) is 6.83. The summed E-state index contributed by atoms with van der Waals surface area (Å²) in [6.07, 6.45) is -4.71. The predicted octanol–water partition coefficient (Wildman–Crippen LogP) is 4.94. The Kier molecular flexibility index (Phi) is 6.06. The molecule has 0 bridgehead atoms. The molecule has 2 aromatic rings. The largest absolute Gasteiger partial charge is 0.408 e. The zero-order chi connectivity index (χ0) is 21.2. The Labute approximate surface area is 168 Å². The first-order valence-corrected chi connectivity index (χ1v) is 9.26. The monoisotopic (exact) mass is 436 g/mol. The van der Waals surface area contributed by atoms with Crippen LogP contribution in [0.15, 0.2) is 18.2 Å². The topological polar surface area (TPSA) is 75.6 Å². The van der Waals surface area contributed by atoms with Crippen LogP contribution >= 0.6 is 11.6 Å². The van der Waals surface area contributed by atoms with E-state index in [0.717, 1.165) is 6.92 Å². The molecule has 0 amide bonds. The Bertz CT molecular complexity index is 852. The van der Waals surface area contributed by atoms with E-state index in [9.17, 15) is 22.0 Å². The van der Waals surface area contributed by atoms with Gasteiger partial charge in [0.15, 0.2) is 5.82 Å². The average molecular weight is 437 g/mol. The van der Waals surface area contributed by atoms with Crippen molar-refractivity contribution < 1.29 is 22.0 Å². The summed E-state index contributed by atoms with van der Waals surface area (Å²) in [6, 6.07) is 2.43. The van der Waals surface area contributed by atoms with Gasteiger partial charge in [0, 0.05) is 18.9 Å². The van der Waals surface area contributed by atoms with Gasteiger partial charge in [0.1, 0.15) is 16.9 Å². The summed E-state index contributed by atoms with van der Waals surface area (Å²) in [5.74, 6) is -3.04. The van der Waals surface area contributed by atoms with Crippen molar-refractivity contribution >= 4 is 23.5 Å². The van der Waals surface area contributed by atoms with Crippen molar-refractivity contribution in [3.05, 3.63) is 23.4 Å². The van der Waals surface area contributed by atoms with Gasteiger partial charge in [0.05, 0.1) is 0 Å². The van der Waals surface area contributed by atoms with Crippen molar-refractivity contribution in [3.8, 4) is 11.5 Å². The van der Waals surface area contributed by atoms with Crippen molar-refractivity contribution in [1.29, 1.82) is 0 Å². The fraction of sp³-hybridized carbons (Fsp3) is 0.529. The molecule has 0 aromatic carbocycles. The molecule has 0 aliphatic heterocycles. The Morgan fingerprint density at radius 3 is 2.34 bits per heavy atom. The van der Waals surface area contributed by atoms with E-state index in [-0.39, 0.29) is 60.3 Å². The van der Waals surface area contributed by atoms with E-state index in [4.69, 9.17) is 11.6 Å². The van der Waals surface area contributed by atoms with E-state index in [1.807, 2.05) is 0 Å². The quantitative estimate of drug-likeness (QED) is 0.511. The number of halogens is 6. The predicted molar refractivity (Wildman–Crippen MR) is 98.0 cm³/mol. The SMILES string of the molecule is C[C@@H](Nc1nc(NC2CCC(F)(F)CC2)nc(-c2cccc(Cl)n2)n1)C(F)(F)F. The molecular weight excluding hydrogens is 419 g/mol. The van der Waals surface area contributed by atoms with Crippen LogP contribution in [0.3, 0.4) is 0 Å². The van der Waals surface area contributed by atoms with Gasteiger partial charge in [-0.15, -0.1) is 0 Å². The molecule has 2 N–H and O–H groups in total. The van der Waals surface area contributed by atoms with Crippen LogP contribution in [0.1, 0.15) is 32.6 Å². The normalized spacial score (nSPS) is 18.3. The van der Waals surface area contributed by atoms with Crippen LogP contribution in [0, 0.1) is 0 Å². The minimum atomic E-state index is -4.51. The maximum absolute atomic E-state index is 13.4. The molecule has 0 radical (unpaired) electrons. The number of alkyl halides is 5. The summed E-state index contributed by atoms with van der Waals surface area (Å²) in [6.45, 7) is 0.928. The lowest BCUT2D eigenvalue weighted by molar-refractivity contribution is -0.138. The molecule has 1 saturated carbocycles. The van der Waals surface area contributed by atoms with Crippen LogP contribution in [0.4, 0.5) is 33.8 Å². The van der Waals surface area contributed by atoms with Gasteiger partial charge in [-0.25, -0.2) is 13.8 Å². The molecule has 1 aliphatic carbocycles. The number of aromatic nitrogens is 4. The second-order valence-corrected chi connectivity index (χ2v) is 7.22. The minimum absolute atomic E-state index is 0.00279. The Balaban J connectivity index is 1.88. The molecule has 0 saturated heterocycles. The Morgan fingerprint density at radius 1 is 1.07 bits per heavy atom. The third kappa shape index (κ3) is 5.84. The zero-order valence-corrected chi connectivity index (χ0v) is 16.0. The fourth-order valence-electron chi connectivity index (χ4n) is 2.79. The molecule has 1 atom stereocenters. The maximum atomic E-state index is 13.4. The molecule has 0 unspecified atom stereocenters. The van der Waals surface area contributed by atoms with Gasteiger partial charge >= 0.3 is 6.18 Å². The van der Waals surface area contributed by atoms with Gasteiger partial charge in [-0.1, -0.05) is 17.7 Å². The molecule has 0 spiro atoms. The molecule has 1 fully saturated rings. The molecule has 2 heterocycles. The summed E-state index contributed by atoms with van der Waals surface area (Å²) in [5.41, 5.74) is 0.237. The standard InChI is InChI=1S/C17H18ClF5N6/c1-9(17(21,22)23)24-14-27-13(11-3-2-4-12(18)26-11)28-15(29-14)25-10-5-7-16(19,20)8-6-10/h2-4,9-10H,5-8H2,1H3,(H2,24,25,27,28,29)/t9-/m1/s1. The average Bonchev–Trinajstić information content (AvgIpc) is 2.62. The third-order valence-corrected chi connectivity index (χ3v) is 4.68. The summed E-state index contributed by atoms with van der Waals surface area (Å²) < 4.78 is 65.4. The van der Waals surface area contributed by atoms with E-state index < -0.39 is 18.1 Å². The first kappa shape index (κ1) is 21.4. The second kappa shape index (κ2) is 8.21. The first-order valence-electron chi connectivity index (χ1n) is 8.88. The maximum Gasteiger partial charge on any atom is 0.408 e.